The molecule has 62 valence electrons. The molecule has 4 heteroatoms. The number of imidazole rings is 1. The highest BCUT2D eigenvalue weighted by atomic mass is 79.9. The monoisotopic (exact) mass is 225 g/mol. The lowest BCUT2D eigenvalue weighted by molar-refractivity contribution is 0.784. The van der Waals surface area contributed by atoms with Crippen LogP contribution in [0.1, 0.15) is 6.92 Å². The van der Waals surface area contributed by atoms with Gasteiger partial charge in [-0.1, -0.05) is 0 Å². The highest BCUT2D eigenvalue weighted by Crippen LogP contribution is 2.19. The van der Waals surface area contributed by atoms with Crippen molar-refractivity contribution in [2.24, 2.45) is 0 Å². The second-order valence-electron chi connectivity index (χ2n) is 2.50. The third-order valence-corrected chi connectivity index (χ3v) is 2.40. The van der Waals surface area contributed by atoms with Crippen LogP contribution in [0.25, 0.3) is 11.0 Å². The summed E-state index contributed by atoms with van der Waals surface area (Å²) in [6.07, 6.45) is 3.58. The van der Waals surface area contributed by atoms with E-state index in [4.69, 9.17) is 0 Å². The quantitative estimate of drug-likeness (QED) is 0.698. The first-order valence-electron chi connectivity index (χ1n) is 3.78. The maximum Gasteiger partial charge on any atom is 0.131 e. The third-order valence-electron chi connectivity index (χ3n) is 1.82. The number of halogens is 1. The fourth-order valence-corrected chi connectivity index (χ4v) is 1.77. The summed E-state index contributed by atoms with van der Waals surface area (Å²) in [4.78, 5) is 8.39. The molecule has 0 spiro atoms. The van der Waals surface area contributed by atoms with Gasteiger partial charge in [0.25, 0.3) is 0 Å². The van der Waals surface area contributed by atoms with Gasteiger partial charge in [0, 0.05) is 12.7 Å². The summed E-state index contributed by atoms with van der Waals surface area (Å²) >= 11 is 3.40. The Kier molecular flexibility index (Phi) is 1.84. The molecular weight excluding hydrogens is 218 g/mol. The van der Waals surface area contributed by atoms with Crippen LogP contribution in [0.5, 0.6) is 0 Å². The lowest BCUT2D eigenvalue weighted by Crippen LogP contribution is -1.92. The molecule has 0 N–H and O–H groups in total. The summed E-state index contributed by atoms with van der Waals surface area (Å²) in [6, 6.07) is 1.91. The topological polar surface area (TPSA) is 30.7 Å². The fraction of sp³-hybridized carbons (Fsp3) is 0.250. The van der Waals surface area contributed by atoms with Crippen molar-refractivity contribution in [2.75, 3.05) is 0 Å². The minimum atomic E-state index is 0.861. The number of hydrogen-bond acceptors (Lipinski definition) is 2. The normalized spacial score (nSPS) is 10.8. The second-order valence-corrected chi connectivity index (χ2v) is 3.25. The molecule has 2 aromatic heterocycles. The lowest BCUT2D eigenvalue weighted by atomic mass is 10.4. The zero-order valence-corrected chi connectivity index (χ0v) is 8.24. The molecule has 0 radical (unpaired) electrons. The number of pyridine rings is 1. The number of nitrogens with zero attached hydrogens (tertiary/aromatic N) is 3. The molecule has 0 aromatic carbocycles. The second kappa shape index (κ2) is 2.86. The molecule has 0 unspecified atom stereocenters. The third kappa shape index (κ3) is 1.03. The Morgan fingerprint density at radius 1 is 1.50 bits per heavy atom. The predicted octanol–water partition coefficient (Wildman–Crippen LogP) is 2.21. The molecule has 2 heterocycles. The van der Waals surface area contributed by atoms with E-state index in [1.807, 2.05) is 12.4 Å². The summed E-state index contributed by atoms with van der Waals surface area (Å²) in [5, 5.41) is 0. The van der Waals surface area contributed by atoms with Crippen molar-refractivity contribution in [1.82, 2.24) is 14.5 Å². The van der Waals surface area contributed by atoms with Crippen LogP contribution in [0.4, 0.5) is 0 Å². The highest BCUT2D eigenvalue weighted by molar-refractivity contribution is 9.10. The van der Waals surface area contributed by atoms with E-state index in [1.54, 1.807) is 6.20 Å². The minimum absolute atomic E-state index is 0.861. The first-order valence-corrected chi connectivity index (χ1v) is 4.57. The Labute approximate surface area is 78.6 Å². The van der Waals surface area contributed by atoms with E-state index in [1.165, 1.54) is 0 Å². The number of aromatic nitrogens is 3. The zero-order chi connectivity index (χ0) is 8.55. The molecule has 0 saturated heterocycles. The van der Waals surface area contributed by atoms with Gasteiger partial charge in [0.05, 0.1) is 11.8 Å². The van der Waals surface area contributed by atoms with Gasteiger partial charge in [-0.15, -0.1) is 0 Å². The molecule has 0 aliphatic rings. The van der Waals surface area contributed by atoms with Crippen molar-refractivity contribution in [3.63, 3.8) is 0 Å². The van der Waals surface area contributed by atoms with E-state index in [2.05, 4.69) is 37.4 Å². The highest BCUT2D eigenvalue weighted by Gasteiger charge is 2.04. The van der Waals surface area contributed by atoms with E-state index >= 15 is 0 Å². The minimum Gasteiger partial charge on any atom is -0.329 e. The van der Waals surface area contributed by atoms with Crippen molar-refractivity contribution in [3.05, 3.63) is 23.2 Å². The van der Waals surface area contributed by atoms with Gasteiger partial charge in [0.1, 0.15) is 10.1 Å². The van der Waals surface area contributed by atoms with E-state index < -0.39 is 0 Å². The van der Waals surface area contributed by atoms with E-state index in [0.29, 0.717) is 0 Å². The molecular formula is C8H8BrN3. The number of rotatable bonds is 1. The van der Waals surface area contributed by atoms with Crippen molar-refractivity contribution in [3.8, 4) is 0 Å². The Morgan fingerprint density at radius 3 is 3.08 bits per heavy atom. The van der Waals surface area contributed by atoms with Gasteiger partial charge in [0.2, 0.25) is 0 Å². The summed E-state index contributed by atoms with van der Waals surface area (Å²) in [5.74, 6) is 0. The molecule has 12 heavy (non-hydrogen) atoms. The van der Waals surface area contributed by atoms with Gasteiger partial charge in [-0.2, -0.15) is 0 Å². The van der Waals surface area contributed by atoms with Crippen LogP contribution in [-0.2, 0) is 6.54 Å². The maximum absolute atomic E-state index is 4.24. The van der Waals surface area contributed by atoms with Gasteiger partial charge < -0.3 is 4.57 Å². The smallest absolute Gasteiger partial charge is 0.131 e. The average Bonchev–Trinajstić information content (AvgIpc) is 2.49. The van der Waals surface area contributed by atoms with Gasteiger partial charge in [-0.3, -0.25) is 0 Å². The van der Waals surface area contributed by atoms with Crippen LogP contribution in [0, 0.1) is 0 Å². The van der Waals surface area contributed by atoms with Crippen LogP contribution < -0.4 is 0 Å². The molecule has 0 saturated carbocycles. The first-order chi connectivity index (χ1) is 5.83. The van der Waals surface area contributed by atoms with Crippen molar-refractivity contribution < 1.29 is 0 Å². The van der Waals surface area contributed by atoms with Crippen LogP contribution in [0.2, 0.25) is 0 Å². The van der Waals surface area contributed by atoms with Gasteiger partial charge in [0.15, 0.2) is 0 Å². The summed E-state index contributed by atoms with van der Waals surface area (Å²) < 4.78 is 2.92. The number of hydrogen-bond donors (Lipinski definition) is 0. The summed E-state index contributed by atoms with van der Waals surface area (Å²) in [7, 11) is 0. The Balaban J connectivity index is 2.83. The lowest BCUT2D eigenvalue weighted by Gasteiger charge is -1.98. The van der Waals surface area contributed by atoms with E-state index in [9.17, 15) is 0 Å². The van der Waals surface area contributed by atoms with Gasteiger partial charge in [-0.25, -0.2) is 9.97 Å². The Bertz CT molecular complexity index is 408. The Morgan fingerprint density at radius 2 is 2.33 bits per heavy atom. The van der Waals surface area contributed by atoms with Crippen LogP contribution in [0.15, 0.2) is 23.2 Å². The van der Waals surface area contributed by atoms with Crippen molar-refractivity contribution in [2.45, 2.75) is 13.5 Å². The number of aryl methyl sites for hydroxylation is 1. The molecule has 0 bridgehead atoms. The molecule has 0 atom stereocenters. The molecule has 2 aromatic rings. The average molecular weight is 226 g/mol. The first kappa shape index (κ1) is 7.73. The molecule has 3 nitrogen and oxygen atoms in total. The summed E-state index contributed by atoms with van der Waals surface area (Å²) in [5.41, 5.74) is 2.05. The molecule has 0 aliphatic heterocycles. The van der Waals surface area contributed by atoms with Gasteiger partial charge in [-0.05, 0) is 28.9 Å². The van der Waals surface area contributed by atoms with E-state index in [-0.39, 0.29) is 0 Å². The maximum atomic E-state index is 4.24. The molecule has 2 rings (SSSR count). The summed E-state index contributed by atoms with van der Waals surface area (Å²) in [6.45, 7) is 3.00. The largest absolute Gasteiger partial charge is 0.329 e. The SMILES string of the molecule is CCn1cnc2ccnc(Br)c21. The van der Waals surface area contributed by atoms with Crippen LogP contribution in [-0.4, -0.2) is 14.5 Å². The fourth-order valence-electron chi connectivity index (χ4n) is 1.22. The molecule has 0 aliphatic carbocycles. The molecule has 0 fully saturated rings. The standard InChI is InChI=1S/C8H8BrN3/c1-2-12-5-11-6-3-4-10-8(9)7(6)12/h3-5H,2H2,1H3. The van der Waals surface area contributed by atoms with Crippen molar-refractivity contribution >= 4 is 27.0 Å². The van der Waals surface area contributed by atoms with Gasteiger partial charge >= 0.3 is 0 Å². The molecule has 0 amide bonds. The van der Waals surface area contributed by atoms with E-state index in [0.717, 1.165) is 22.2 Å². The van der Waals surface area contributed by atoms with Crippen molar-refractivity contribution in [1.29, 1.82) is 0 Å². The predicted molar refractivity (Wildman–Crippen MR) is 50.9 cm³/mol. The van der Waals surface area contributed by atoms with Crippen LogP contribution >= 0.6 is 15.9 Å². The van der Waals surface area contributed by atoms with Crippen LogP contribution in [0.3, 0.4) is 0 Å². The zero-order valence-electron chi connectivity index (χ0n) is 6.66. The number of fused-ring (bicyclic) bond motifs is 1. The Hall–Kier alpha value is -0.900.